The molecule has 2 heterocycles. The molecule has 1 N–H and O–H groups in total. The summed E-state index contributed by atoms with van der Waals surface area (Å²) in [5.41, 5.74) is 0. The molecule has 0 aliphatic carbocycles. The third-order valence-corrected chi connectivity index (χ3v) is 4.91. The van der Waals surface area contributed by atoms with E-state index in [1.54, 1.807) is 0 Å². The van der Waals surface area contributed by atoms with Crippen molar-refractivity contribution in [2.45, 2.75) is 59.0 Å². The maximum atomic E-state index is 3.61. The first-order chi connectivity index (χ1) is 9.56. The molecule has 20 heavy (non-hydrogen) atoms. The van der Waals surface area contributed by atoms with Crippen LogP contribution in [0.3, 0.4) is 0 Å². The minimum absolute atomic E-state index is 0.733. The van der Waals surface area contributed by atoms with Crippen molar-refractivity contribution in [1.82, 2.24) is 15.1 Å². The first kappa shape index (κ1) is 16.3. The summed E-state index contributed by atoms with van der Waals surface area (Å²) in [5.74, 6) is 1.51. The van der Waals surface area contributed by atoms with Gasteiger partial charge in [-0.05, 0) is 51.2 Å². The Labute approximate surface area is 126 Å². The van der Waals surface area contributed by atoms with Gasteiger partial charge in [-0.1, -0.05) is 27.2 Å². The molecule has 2 aliphatic rings. The summed E-state index contributed by atoms with van der Waals surface area (Å²) in [5, 5.41) is 3.61. The minimum atomic E-state index is 0.733. The Morgan fingerprint density at radius 2 is 1.90 bits per heavy atom. The summed E-state index contributed by atoms with van der Waals surface area (Å²) < 4.78 is 0. The third-order valence-electron chi connectivity index (χ3n) is 4.91. The van der Waals surface area contributed by atoms with Crippen LogP contribution < -0.4 is 5.32 Å². The second-order valence-electron chi connectivity index (χ2n) is 7.60. The number of hydrogen-bond donors (Lipinski definition) is 1. The van der Waals surface area contributed by atoms with Crippen molar-refractivity contribution in [3.8, 4) is 0 Å². The van der Waals surface area contributed by atoms with Gasteiger partial charge in [0.15, 0.2) is 0 Å². The predicted molar refractivity (Wildman–Crippen MR) is 87.1 cm³/mol. The van der Waals surface area contributed by atoms with Crippen LogP contribution in [0, 0.1) is 11.8 Å². The van der Waals surface area contributed by atoms with Crippen LogP contribution in [-0.4, -0.2) is 61.2 Å². The van der Waals surface area contributed by atoms with Crippen molar-refractivity contribution < 1.29 is 0 Å². The first-order valence-corrected chi connectivity index (χ1v) is 8.75. The highest BCUT2D eigenvalue weighted by Crippen LogP contribution is 2.24. The summed E-state index contributed by atoms with van der Waals surface area (Å²) >= 11 is 0. The van der Waals surface area contributed by atoms with Gasteiger partial charge in [0.05, 0.1) is 0 Å². The standard InChI is InChI=1S/C17H35N3/c1-14(2)9-18-10-15(3)11-20-13-17-7-5-6-8-19(17)12-16(20)4/h14-18H,5-13H2,1-4H3. The van der Waals surface area contributed by atoms with Crippen LogP contribution in [0.15, 0.2) is 0 Å². The van der Waals surface area contributed by atoms with Gasteiger partial charge < -0.3 is 5.32 Å². The van der Waals surface area contributed by atoms with E-state index in [4.69, 9.17) is 0 Å². The zero-order valence-corrected chi connectivity index (χ0v) is 14.1. The second-order valence-corrected chi connectivity index (χ2v) is 7.60. The zero-order chi connectivity index (χ0) is 14.5. The lowest BCUT2D eigenvalue weighted by atomic mass is 9.96. The van der Waals surface area contributed by atoms with Crippen LogP contribution in [-0.2, 0) is 0 Å². The Morgan fingerprint density at radius 1 is 1.10 bits per heavy atom. The van der Waals surface area contributed by atoms with Gasteiger partial charge in [-0.25, -0.2) is 0 Å². The first-order valence-electron chi connectivity index (χ1n) is 8.75. The van der Waals surface area contributed by atoms with Gasteiger partial charge in [0, 0.05) is 31.7 Å². The molecule has 2 aliphatic heterocycles. The largest absolute Gasteiger partial charge is 0.316 e. The van der Waals surface area contributed by atoms with E-state index in [2.05, 4.69) is 42.8 Å². The lowest BCUT2D eigenvalue weighted by Crippen LogP contribution is -2.59. The number of piperidine rings is 1. The lowest BCUT2D eigenvalue weighted by molar-refractivity contribution is 0.00889. The average molecular weight is 281 g/mol. The summed E-state index contributed by atoms with van der Waals surface area (Å²) in [6.45, 7) is 16.9. The third kappa shape index (κ3) is 4.71. The normalized spacial score (nSPS) is 30.4. The molecule has 0 amide bonds. The molecular weight excluding hydrogens is 246 g/mol. The molecule has 0 aromatic carbocycles. The van der Waals surface area contributed by atoms with Crippen molar-refractivity contribution in [2.75, 3.05) is 39.3 Å². The van der Waals surface area contributed by atoms with Crippen LogP contribution in [0.4, 0.5) is 0 Å². The molecule has 0 spiro atoms. The zero-order valence-electron chi connectivity index (χ0n) is 14.1. The van der Waals surface area contributed by atoms with Crippen LogP contribution in [0.5, 0.6) is 0 Å². The summed E-state index contributed by atoms with van der Waals surface area (Å²) in [6.07, 6.45) is 4.27. The second kappa shape index (κ2) is 7.77. The molecule has 0 aromatic rings. The molecule has 0 radical (unpaired) electrons. The molecule has 3 unspecified atom stereocenters. The van der Waals surface area contributed by atoms with E-state index in [9.17, 15) is 0 Å². The van der Waals surface area contributed by atoms with E-state index in [0.717, 1.165) is 37.0 Å². The fourth-order valence-corrected chi connectivity index (χ4v) is 3.75. The van der Waals surface area contributed by atoms with Crippen LogP contribution in [0.2, 0.25) is 0 Å². The number of nitrogens with zero attached hydrogens (tertiary/aromatic N) is 2. The fourth-order valence-electron chi connectivity index (χ4n) is 3.75. The van der Waals surface area contributed by atoms with E-state index in [-0.39, 0.29) is 0 Å². The van der Waals surface area contributed by atoms with Gasteiger partial charge in [0.1, 0.15) is 0 Å². The van der Waals surface area contributed by atoms with Crippen LogP contribution in [0.25, 0.3) is 0 Å². The van der Waals surface area contributed by atoms with Gasteiger partial charge in [0.25, 0.3) is 0 Å². The molecule has 3 atom stereocenters. The predicted octanol–water partition coefficient (Wildman–Crippen LogP) is 2.43. The summed E-state index contributed by atoms with van der Waals surface area (Å²) in [7, 11) is 0. The van der Waals surface area contributed by atoms with Crippen molar-refractivity contribution in [2.24, 2.45) is 11.8 Å². The number of hydrogen-bond acceptors (Lipinski definition) is 3. The Bertz CT molecular complexity index is 279. The van der Waals surface area contributed by atoms with Crippen LogP contribution in [0.1, 0.15) is 47.0 Å². The fraction of sp³-hybridized carbons (Fsp3) is 1.00. The summed E-state index contributed by atoms with van der Waals surface area (Å²) in [4.78, 5) is 5.49. The van der Waals surface area contributed by atoms with E-state index in [1.807, 2.05) is 0 Å². The average Bonchev–Trinajstić information content (AvgIpc) is 2.39. The van der Waals surface area contributed by atoms with Gasteiger partial charge in [0.2, 0.25) is 0 Å². The molecule has 2 rings (SSSR count). The molecular formula is C17H35N3. The van der Waals surface area contributed by atoms with E-state index < -0.39 is 0 Å². The van der Waals surface area contributed by atoms with Crippen LogP contribution >= 0.6 is 0 Å². The van der Waals surface area contributed by atoms with Gasteiger partial charge >= 0.3 is 0 Å². The van der Waals surface area contributed by atoms with Gasteiger partial charge in [-0.3, -0.25) is 9.80 Å². The highest BCUT2D eigenvalue weighted by Gasteiger charge is 2.33. The number of rotatable bonds is 6. The molecule has 2 saturated heterocycles. The van der Waals surface area contributed by atoms with Gasteiger partial charge in [-0.2, -0.15) is 0 Å². The molecule has 118 valence electrons. The molecule has 2 fully saturated rings. The highest BCUT2D eigenvalue weighted by molar-refractivity contribution is 4.89. The van der Waals surface area contributed by atoms with Crippen molar-refractivity contribution >= 4 is 0 Å². The van der Waals surface area contributed by atoms with Gasteiger partial charge in [-0.15, -0.1) is 0 Å². The Hall–Kier alpha value is -0.120. The SMILES string of the molecule is CC(C)CNCC(C)CN1CC2CCCCN2CC1C. The Kier molecular flexibility index (Phi) is 6.31. The maximum Gasteiger partial charge on any atom is 0.0223 e. The highest BCUT2D eigenvalue weighted by atomic mass is 15.3. The minimum Gasteiger partial charge on any atom is -0.316 e. The lowest BCUT2D eigenvalue weighted by Gasteiger charge is -2.48. The Morgan fingerprint density at radius 3 is 2.65 bits per heavy atom. The molecule has 3 nitrogen and oxygen atoms in total. The molecule has 0 aromatic heterocycles. The monoisotopic (exact) mass is 281 g/mol. The maximum absolute atomic E-state index is 3.61. The van der Waals surface area contributed by atoms with E-state index in [1.165, 1.54) is 45.4 Å². The quantitative estimate of drug-likeness (QED) is 0.807. The van der Waals surface area contributed by atoms with E-state index in [0.29, 0.717) is 0 Å². The summed E-state index contributed by atoms with van der Waals surface area (Å²) in [6, 6.07) is 1.58. The molecule has 0 bridgehead atoms. The topological polar surface area (TPSA) is 18.5 Å². The van der Waals surface area contributed by atoms with E-state index >= 15 is 0 Å². The number of fused-ring (bicyclic) bond motifs is 1. The molecule has 3 heteroatoms. The van der Waals surface area contributed by atoms with Crippen molar-refractivity contribution in [1.29, 1.82) is 0 Å². The smallest absolute Gasteiger partial charge is 0.0223 e. The van der Waals surface area contributed by atoms with Crippen molar-refractivity contribution in [3.05, 3.63) is 0 Å². The number of piperazine rings is 1. The number of nitrogens with one attached hydrogen (secondary N) is 1. The van der Waals surface area contributed by atoms with Crippen molar-refractivity contribution in [3.63, 3.8) is 0 Å². The molecule has 0 saturated carbocycles. The Balaban J connectivity index is 1.74.